The van der Waals surface area contributed by atoms with Crippen LogP contribution < -0.4 is 10.6 Å². The Morgan fingerprint density at radius 3 is 2.65 bits per heavy atom. The summed E-state index contributed by atoms with van der Waals surface area (Å²) in [7, 11) is 0. The van der Waals surface area contributed by atoms with E-state index in [2.05, 4.69) is 22.5 Å². The fourth-order valence-electron chi connectivity index (χ4n) is 3.02. The molecule has 1 aromatic carbocycles. The smallest absolute Gasteiger partial charge is 0.244 e. The summed E-state index contributed by atoms with van der Waals surface area (Å²) in [6.07, 6.45) is 2.13. The van der Waals surface area contributed by atoms with E-state index in [1.54, 1.807) is 0 Å². The van der Waals surface area contributed by atoms with Crippen molar-refractivity contribution >= 4 is 11.9 Å². The van der Waals surface area contributed by atoms with Gasteiger partial charge in [-0.2, -0.15) is 0 Å². The minimum atomic E-state index is -0.150. The number of ether oxygens (including phenoxy) is 1. The molecule has 1 aliphatic rings. The molecule has 2 rings (SSSR count). The maximum atomic E-state index is 12.5. The number of aliphatic imine (C=N–C) groups is 1. The third kappa shape index (κ3) is 6.33. The molecular formula is C20H32N4O2. The van der Waals surface area contributed by atoms with E-state index in [-0.39, 0.29) is 18.1 Å². The van der Waals surface area contributed by atoms with E-state index in [1.807, 2.05) is 49.1 Å². The maximum absolute atomic E-state index is 12.5. The number of amides is 1. The van der Waals surface area contributed by atoms with Gasteiger partial charge in [-0.05, 0) is 39.2 Å². The van der Waals surface area contributed by atoms with Crippen LogP contribution in [-0.2, 0) is 16.1 Å². The normalized spacial score (nSPS) is 20.0. The Bertz CT molecular complexity index is 583. The lowest BCUT2D eigenvalue weighted by atomic mass is 10.0. The first kappa shape index (κ1) is 20.2. The largest absolute Gasteiger partial charge is 0.373 e. The minimum Gasteiger partial charge on any atom is -0.373 e. The molecule has 0 aliphatic carbocycles. The molecule has 0 saturated carbocycles. The van der Waals surface area contributed by atoms with Crippen LogP contribution in [0.25, 0.3) is 0 Å². The second-order valence-corrected chi connectivity index (χ2v) is 6.84. The van der Waals surface area contributed by atoms with Crippen LogP contribution in [0.3, 0.4) is 0 Å². The van der Waals surface area contributed by atoms with Crippen molar-refractivity contribution in [2.24, 2.45) is 4.99 Å². The molecule has 2 N–H and O–H groups in total. The number of carbonyl (C=O) groups is 1. The van der Waals surface area contributed by atoms with Gasteiger partial charge in [-0.15, -0.1) is 0 Å². The van der Waals surface area contributed by atoms with Gasteiger partial charge in [-0.25, -0.2) is 4.99 Å². The fourth-order valence-corrected chi connectivity index (χ4v) is 3.02. The summed E-state index contributed by atoms with van der Waals surface area (Å²) in [6, 6.07) is 10.0. The number of likely N-dealkylation sites (N-methyl/N-ethyl adjacent to an activating group) is 1. The van der Waals surface area contributed by atoms with Crippen LogP contribution in [0.1, 0.15) is 39.2 Å². The van der Waals surface area contributed by atoms with Crippen LogP contribution in [0.2, 0.25) is 0 Å². The van der Waals surface area contributed by atoms with Gasteiger partial charge in [0, 0.05) is 32.8 Å². The van der Waals surface area contributed by atoms with Crippen molar-refractivity contribution in [3.05, 3.63) is 35.9 Å². The molecule has 0 spiro atoms. The number of hydrogen-bond donors (Lipinski definition) is 2. The zero-order chi connectivity index (χ0) is 18.8. The predicted molar refractivity (Wildman–Crippen MR) is 105 cm³/mol. The van der Waals surface area contributed by atoms with E-state index in [0.717, 1.165) is 31.6 Å². The molecule has 1 aliphatic heterocycles. The summed E-state index contributed by atoms with van der Waals surface area (Å²) in [4.78, 5) is 18.8. The van der Waals surface area contributed by atoms with Crippen molar-refractivity contribution in [1.82, 2.24) is 15.5 Å². The highest BCUT2D eigenvalue weighted by molar-refractivity contribution is 5.85. The number of benzene rings is 1. The Labute approximate surface area is 157 Å². The summed E-state index contributed by atoms with van der Waals surface area (Å²) < 4.78 is 5.80. The molecule has 1 amide bonds. The Balaban J connectivity index is 1.90. The average molecular weight is 361 g/mol. The molecule has 1 saturated heterocycles. The van der Waals surface area contributed by atoms with Crippen LogP contribution in [0.15, 0.2) is 35.3 Å². The van der Waals surface area contributed by atoms with Crippen molar-refractivity contribution < 1.29 is 9.53 Å². The van der Waals surface area contributed by atoms with Gasteiger partial charge in [0.2, 0.25) is 5.91 Å². The van der Waals surface area contributed by atoms with Crippen molar-refractivity contribution in [3.8, 4) is 0 Å². The van der Waals surface area contributed by atoms with Gasteiger partial charge in [0.25, 0.3) is 0 Å². The lowest BCUT2D eigenvalue weighted by molar-refractivity contribution is -0.130. The SMILES string of the molecule is CCNC(=NCC(=O)N(CC)Cc1ccccc1)NCC1(C)CCCO1. The molecule has 0 aromatic heterocycles. The van der Waals surface area contributed by atoms with Crippen molar-refractivity contribution in [3.63, 3.8) is 0 Å². The quantitative estimate of drug-likeness (QED) is 0.551. The molecule has 1 atom stereocenters. The third-order valence-electron chi connectivity index (χ3n) is 4.60. The summed E-state index contributed by atoms with van der Waals surface area (Å²) in [5, 5.41) is 6.51. The minimum absolute atomic E-state index is 0.0249. The molecule has 1 heterocycles. The number of carbonyl (C=O) groups excluding carboxylic acids is 1. The van der Waals surface area contributed by atoms with Crippen LogP contribution in [0.4, 0.5) is 0 Å². The number of nitrogens with one attached hydrogen (secondary N) is 2. The molecule has 1 unspecified atom stereocenters. The van der Waals surface area contributed by atoms with Crippen LogP contribution in [0, 0.1) is 0 Å². The van der Waals surface area contributed by atoms with Gasteiger partial charge in [0.1, 0.15) is 6.54 Å². The number of rotatable bonds is 8. The number of hydrogen-bond acceptors (Lipinski definition) is 3. The number of guanidine groups is 1. The Morgan fingerprint density at radius 1 is 1.27 bits per heavy atom. The van der Waals surface area contributed by atoms with Gasteiger partial charge in [0.05, 0.1) is 5.60 Å². The highest BCUT2D eigenvalue weighted by Crippen LogP contribution is 2.23. The first-order valence-corrected chi connectivity index (χ1v) is 9.54. The summed E-state index contributed by atoms with van der Waals surface area (Å²) in [6.45, 7) is 9.78. The molecular weight excluding hydrogens is 328 g/mol. The van der Waals surface area contributed by atoms with E-state index in [0.29, 0.717) is 25.6 Å². The van der Waals surface area contributed by atoms with Gasteiger partial charge >= 0.3 is 0 Å². The molecule has 1 aromatic rings. The predicted octanol–water partition coefficient (Wildman–Crippen LogP) is 2.16. The summed E-state index contributed by atoms with van der Waals surface area (Å²) in [5.74, 6) is 0.685. The topological polar surface area (TPSA) is 66.0 Å². The van der Waals surface area contributed by atoms with E-state index in [1.165, 1.54) is 0 Å². The summed E-state index contributed by atoms with van der Waals surface area (Å²) >= 11 is 0. The van der Waals surface area contributed by atoms with Crippen molar-refractivity contribution in [1.29, 1.82) is 0 Å². The zero-order valence-electron chi connectivity index (χ0n) is 16.3. The second kappa shape index (κ2) is 10.2. The van der Waals surface area contributed by atoms with E-state index in [4.69, 9.17) is 4.74 Å². The molecule has 0 radical (unpaired) electrons. The molecule has 6 nitrogen and oxygen atoms in total. The standard InChI is InChI=1S/C20H32N4O2/c1-4-21-19(23-16-20(3)12-9-13-26-20)22-14-18(25)24(5-2)15-17-10-7-6-8-11-17/h6-8,10-11H,4-5,9,12-16H2,1-3H3,(H2,21,22,23). The van der Waals surface area contributed by atoms with Gasteiger partial charge < -0.3 is 20.3 Å². The lowest BCUT2D eigenvalue weighted by Gasteiger charge is -2.25. The lowest BCUT2D eigenvalue weighted by Crippen LogP contribution is -2.46. The van der Waals surface area contributed by atoms with E-state index >= 15 is 0 Å². The van der Waals surface area contributed by atoms with Crippen LogP contribution in [-0.4, -0.2) is 55.2 Å². The fraction of sp³-hybridized carbons (Fsp3) is 0.600. The molecule has 0 bridgehead atoms. The van der Waals surface area contributed by atoms with Crippen LogP contribution in [0.5, 0.6) is 0 Å². The zero-order valence-corrected chi connectivity index (χ0v) is 16.3. The molecule has 26 heavy (non-hydrogen) atoms. The average Bonchev–Trinajstić information content (AvgIpc) is 3.09. The molecule has 6 heteroatoms. The first-order valence-electron chi connectivity index (χ1n) is 9.54. The van der Waals surface area contributed by atoms with Crippen molar-refractivity contribution in [2.45, 2.75) is 45.8 Å². The van der Waals surface area contributed by atoms with E-state index in [9.17, 15) is 4.79 Å². The highest BCUT2D eigenvalue weighted by atomic mass is 16.5. The monoisotopic (exact) mass is 360 g/mol. The van der Waals surface area contributed by atoms with Crippen molar-refractivity contribution in [2.75, 3.05) is 32.8 Å². The molecule has 144 valence electrons. The highest BCUT2D eigenvalue weighted by Gasteiger charge is 2.29. The Hall–Kier alpha value is -2.08. The number of nitrogens with zero attached hydrogens (tertiary/aromatic N) is 2. The van der Waals surface area contributed by atoms with Gasteiger partial charge in [-0.3, -0.25) is 4.79 Å². The first-order chi connectivity index (χ1) is 12.6. The maximum Gasteiger partial charge on any atom is 0.244 e. The van der Waals surface area contributed by atoms with E-state index < -0.39 is 0 Å². The Kier molecular flexibility index (Phi) is 7.91. The van der Waals surface area contributed by atoms with Gasteiger partial charge in [0.15, 0.2) is 5.96 Å². The Morgan fingerprint density at radius 2 is 2.04 bits per heavy atom. The second-order valence-electron chi connectivity index (χ2n) is 6.84. The third-order valence-corrected chi connectivity index (χ3v) is 4.60. The van der Waals surface area contributed by atoms with Gasteiger partial charge in [-0.1, -0.05) is 30.3 Å². The summed E-state index contributed by atoms with van der Waals surface area (Å²) in [5.41, 5.74) is 0.978. The van der Waals surface area contributed by atoms with Crippen LogP contribution >= 0.6 is 0 Å². The molecule has 1 fully saturated rings.